The zero-order valence-corrected chi connectivity index (χ0v) is 18.9. The second-order valence-corrected chi connectivity index (χ2v) is 8.25. The Morgan fingerprint density at radius 3 is 2.09 bits per heavy atom. The van der Waals surface area contributed by atoms with Gasteiger partial charge in [0.25, 0.3) is 5.91 Å². The van der Waals surface area contributed by atoms with E-state index in [1.807, 2.05) is 109 Å². The van der Waals surface area contributed by atoms with E-state index in [1.165, 1.54) is 4.90 Å². The lowest BCUT2D eigenvalue weighted by atomic mass is 9.82. The van der Waals surface area contributed by atoms with E-state index in [0.717, 1.165) is 33.6 Å². The minimum Gasteiger partial charge on any atom is -0.496 e. The van der Waals surface area contributed by atoms with Gasteiger partial charge in [0.1, 0.15) is 5.75 Å². The highest BCUT2D eigenvalue weighted by atomic mass is 16.5. The van der Waals surface area contributed by atoms with Crippen LogP contribution in [0, 0.1) is 5.41 Å². The lowest BCUT2D eigenvalue weighted by molar-refractivity contribution is -0.130. The second-order valence-electron chi connectivity index (χ2n) is 8.25. The summed E-state index contributed by atoms with van der Waals surface area (Å²) < 4.78 is 5.52. The molecule has 5 nitrogen and oxygen atoms in total. The molecule has 1 heterocycles. The zero-order chi connectivity index (χ0) is 23.5. The monoisotopic (exact) mass is 447 g/mol. The topological polar surface area (TPSA) is 65.4 Å². The minimum atomic E-state index is -1.14. The first-order chi connectivity index (χ1) is 16.6. The minimum absolute atomic E-state index is 0.0837. The summed E-state index contributed by atoms with van der Waals surface area (Å²) >= 11 is 0. The number of methoxy groups -OCH3 is 1. The lowest BCUT2D eigenvalue weighted by Gasteiger charge is -2.28. The van der Waals surface area contributed by atoms with Crippen molar-refractivity contribution in [3.05, 3.63) is 126 Å². The van der Waals surface area contributed by atoms with Crippen molar-refractivity contribution >= 4 is 11.9 Å². The van der Waals surface area contributed by atoms with E-state index in [-0.39, 0.29) is 18.4 Å². The maximum atomic E-state index is 14.0. The first kappa shape index (κ1) is 21.5. The summed E-state index contributed by atoms with van der Waals surface area (Å²) in [4.78, 5) is 15.5. The molecule has 0 spiro atoms. The molecule has 4 aromatic carbocycles. The standard InChI is InChI=1S/C29H25N3O2/c1-34-26-18-9-8-17-25(26)22-12-10-11-21(19-22)20-32-27(33)29(31-28(32)30,23-13-4-2-5-14-23)24-15-6-3-7-16-24/h2-19H,20H2,1H3,(H2,30,31). The Morgan fingerprint density at radius 1 is 0.824 bits per heavy atom. The number of hydrogen-bond acceptors (Lipinski definition) is 3. The number of nitrogens with zero attached hydrogens (tertiary/aromatic N) is 1. The molecule has 0 saturated carbocycles. The molecule has 1 amide bonds. The first-order valence-corrected chi connectivity index (χ1v) is 11.2. The maximum Gasteiger partial charge on any atom is 0.264 e. The van der Waals surface area contributed by atoms with Gasteiger partial charge in [-0.05, 0) is 34.4 Å². The number of benzene rings is 4. The molecule has 0 aliphatic carbocycles. The molecule has 1 aliphatic heterocycles. The fraction of sp³-hybridized carbons (Fsp3) is 0.103. The number of carbonyl (C=O) groups is 1. The molecule has 0 unspecified atom stereocenters. The third-order valence-corrected chi connectivity index (χ3v) is 6.24. The Labute approximate surface area is 199 Å². The van der Waals surface area contributed by atoms with E-state index in [4.69, 9.17) is 10.1 Å². The number of para-hydroxylation sites is 1. The average molecular weight is 448 g/mol. The van der Waals surface area contributed by atoms with Crippen LogP contribution < -0.4 is 10.1 Å². The predicted molar refractivity (Wildman–Crippen MR) is 134 cm³/mol. The Balaban J connectivity index is 1.52. The van der Waals surface area contributed by atoms with Crippen molar-refractivity contribution in [1.82, 2.24) is 10.2 Å². The number of guanidine groups is 1. The molecule has 5 rings (SSSR count). The Hall–Kier alpha value is -4.38. The van der Waals surface area contributed by atoms with Gasteiger partial charge in [0.15, 0.2) is 11.5 Å². The van der Waals surface area contributed by atoms with E-state index in [0.29, 0.717) is 0 Å². The van der Waals surface area contributed by atoms with Crippen LogP contribution in [0.4, 0.5) is 0 Å². The SMILES string of the molecule is COc1ccccc1-c1cccc(CN2C(=N)NC(c3ccccc3)(c3ccccc3)C2=O)c1. The van der Waals surface area contributed by atoms with Crippen molar-refractivity contribution in [2.45, 2.75) is 12.1 Å². The van der Waals surface area contributed by atoms with Gasteiger partial charge in [-0.25, -0.2) is 0 Å². The van der Waals surface area contributed by atoms with Gasteiger partial charge in [-0.1, -0.05) is 97.1 Å². The van der Waals surface area contributed by atoms with Gasteiger partial charge in [-0.2, -0.15) is 0 Å². The van der Waals surface area contributed by atoms with Gasteiger partial charge in [0.05, 0.1) is 13.7 Å². The molecule has 2 N–H and O–H groups in total. The van der Waals surface area contributed by atoms with E-state index in [1.54, 1.807) is 7.11 Å². The van der Waals surface area contributed by atoms with Crippen molar-refractivity contribution in [2.24, 2.45) is 0 Å². The molecular formula is C29H25N3O2. The van der Waals surface area contributed by atoms with Gasteiger partial charge in [0, 0.05) is 5.56 Å². The highest BCUT2D eigenvalue weighted by Crippen LogP contribution is 2.37. The molecule has 1 fully saturated rings. The summed E-state index contributed by atoms with van der Waals surface area (Å²) in [5.74, 6) is 0.705. The molecule has 168 valence electrons. The highest BCUT2D eigenvalue weighted by molar-refractivity contribution is 6.10. The summed E-state index contributed by atoms with van der Waals surface area (Å²) in [7, 11) is 1.66. The van der Waals surface area contributed by atoms with Crippen LogP contribution in [0.1, 0.15) is 16.7 Å². The lowest BCUT2D eigenvalue weighted by Crippen LogP contribution is -2.45. The average Bonchev–Trinajstić information content (AvgIpc) is 3.15. The summed E-state index contributed by atoms with van der Waals surface area (Å²) in [6.07, 6.45) is 0. The fourth-order valence-corrected chi connectivity index (χ4v) is 4.59. The molecule has 1 saturated heterocycles. The van der Waals surface area contributed by atoms with Gasteiger partial charge in [-0.15, -0.1) is 0 Å². The number of hydrogen-bond donors (Lipinski definition) is 2. The Morgan fingerprint density at radius 2 is 1.44 bits per heavy atom. The van der Waals surface area contributed by atoms with Crippen LogP contribution >= 0.6 is 0 Å². The number of nitrogens with one attached hydrogen (secondary N) is 2. The van der Waals surface area contributed by atoms with Crippen LogP contribution in [0.3, 0.4) is 0 Å². The summed E-state index contributed by atoms with van der Waals surface area (Å²) in [6.45, 7) is 0.287. The number of rotatable bonds is 6. The smallest absolute Gasteiger partial charge is 0.264 e. The predicted octanol–water partition coefficient (Wildman–Crippen LogP) is 5.17. The van der Waals surface area contributed by atoms with E-state index < -0.39 is 5.54 Å². The summed E-state index contributed by atoms with van der Waals surface area (Å²) in [5.41, 5.74) is 3.39. The van der Waals surface area contributed by atoms with E-state index in [2.05, 4.69) is 5.32 Å². The van der Waals surface area contributed by atoms with Crippen LogP contribution in [-0.2, 0) is 16.9 Å². The highest BCUT2D eigenvalue weighted by Gasteiger charge is 2.52. The van der Waals surface area contributed by atoms with Gasteiger partial charge >= 0.3 is 0 Å². The van der Waals surface area contributed by atoms with Crippen molar-refractivity contribution < 1.29 is 9.53 Å². The summed E-state index contributed by atoms with van der Waals surface area (Å²) in [6, 6.07) is 35.1. The molecule has 0 atom stereocenters. The molecule has 34 heavy (non-hydrogen) atoms. The van der Waals surface area contributed by atoms with Crippen LogP contribution in [0.2, 0.25) is 0 Å². The molecule has 1 aliphatic rings. The molecule has 0 bridgehead atoms. The van der Waals surface area contributed by atoms with Crippen LogP contribution in [-0.4, -0.2) is 23.9 Å². The van der Waals surface area contributed by atoms with Crippen molar-refractivity contribution in [1.29, 1.82) is 5.41 Å². The Kier molecular flexibility index (Phi) is 5.60. The number of ether oxygens (including phenoxy) is 1. The normalized spacial score (nSPS) is 14.7. The Bertz CT molecular complexity index is 1300. The third-order valence-electron chi connectivity index (χ3n) is 6.24. The van der Waals surface area contributed by atoms with E-state index >= 15 is 0 Å². The largest absolute Gasteiger partial charge is 0.496 e. The quantitative estimate of drug-likeness (QED) is 0.428. The first-order valence-electron chi connectivity index (χ1n) is 11.2. The van der Waals surface area contributed by atoms with Gasteiger partial charge < -0.3 is 10.1 Å². The third kappa shape index (κ3) is 3.61. The van der Waals surface area contributed by atoms with Crippen LogP contribution in [0.25, 0.3) is 11.1 Å². The molecule has 4 aromatic rings. The molecule has 0 radical (unpaired) electrons. The fourth-order valence-electron chi connectivity index (χ4n) is 4.59. The maximum absolute atomic E-state index is 14.0. The van der Waals surface area contributed by atoms with Crippen molar-refractivity contribution in [2.75, 3.05) is 7.11 Å². The number of amides is 1. The van der Waals surface area contributed by atoms with Gasteiger partial charge in [-0.3, -0.25) is 15.1 Å². The van der Waals surface area contributed by atoms with Gasteiger partial charge in [0.2, 0.25) is 0 Å². The molecular weight excluding hydrogens is 422 g/mol. The van der Waals surface area contributed by atoms with Crippen molar-refractivity contribution in [3.8, 4) is 16.9 Å². The zero-order valence-electron chi connectivity index (χ0n) is 18.9. The number of carbonyl (C=O) groups excluding carboxylic acids is 1. The van der Waals surface area contributed by atoms with Crippen LogP contribution in [0.5, 0.6) is 5.75 Å². The molecule has 5 heteroatoms. The second kappa shape index (κ2) is 8.87. The summed E-state index contributed by atoms with van der Waals surface area (Å²) in [5, 5.41) is 11.9. The van der Waals surface area contributed by atoms with E-state index in [9.17, 15) is 4.79 Å². The molecule has 0 aromatic heterocycles. The van der Waals surface area contributed by atoms with Crippen molar-refractivity contribution in [3.63, 3.8) is 0 Å². The van der Waals surface area contributed by atoms with Crippen LogP contribution in [0.15, 0.2) is 109 Å².